The molecule has 0 unspecified atom stereocenters. The highest BCUT2D eigenvalue weighted by molar-refractivity contribution is 5.76. The number of amides is 1. The molecule has 138 valence electrons. The predicted molar refractivity (Wildman–Crippen MR) is 101 cm³/mol. The Balaban J connectivity index is 1.47. The number of aromatic nitrogens is 1. The number of likely N-dealkylation sites (N-methyl/N-ethyl adjacent to an activating group) is 1. The maximum absolute atomic E-state index is 12.2. The second kappa shape index (κ2) is 9.31. The second-order valence-electron chi connectivity index (χ2n) is 6.55. The van der Waals surface area contributed by atoms with Crippen LogP contribution in [0.2, 0.25) is 0 Å². The standard InChI is InChI=1S/C20H26N4O2/c1-23-12-14-24(15-13-23)11-9-19(25)22-16-17-6-5-10-21-20(17)26-18-7-3-2-4-8-18/h2-8,10H,9,11-16H2,1H3,(H,22,25). The van der Waals surface area contributed by atoms with Crippen molar-refractivity contribution in [1.29, 1.82) is 0 Å². The number of hydrogen-bond donors (Lipinski definition) is 1. The summed E-state index contributed by atoms with van der Waals surface area (Å²) in [5.74, 6) is 1.31. The third kappa shape index (κ3) is 5.54. The summed E-state index contributed by atoms with van der Waals surface area (Å²) in [6.45, 7) is 5.41. The number of ether oxygens (including phenoxy) is 1. The number of piperazine rings is 1. The van der Waals surface area contributed by atoms with E-state index < -0.39 is 0 Å². The van der Waals surface area contributed by atoms with Crippen LogP contribution < -0.4 is 10.1 Å². The number of carbonyl (C=O) groups is 1. The fourth-order valence-corrected chi connectivity index (χ4v) is 2.86. The molecule has 1 aliphatic rings. The molecule has 1 aromatic carbocycles. The lowest BCUT2D eigenvalue weighted by molar-refractivity contribution is -0.121. The van der Waals surface area contributed by atoms with E-state index in [0.29, 0.717) is 18.8 Å². The molecule has 2 aromatic rings. The lowest BCUT2D eigenvalue weighted by atomic mass is 10.2. The molecule has 0 radical (unpaired) electrons. The molecule has 0 bridgehead atoms. The van der Waals surface area contributed by atoms with Gasteiger partial charge in [-0.05, 0) is 25.2 Å². The van der Waals surface area contributed by atoms with Crippen LogP contribution in [-0.2, 0) is 11.3 Å². The van der Waals surface area contributed by atoms with Gasteiger partial charge in [-0.25, -0.2) is 4.98 Å². The quantitative estimate of drug-likeness (QED) is 0.825. The third-order valence-electron chi connectivity index (χ3n) is 4.53. The highest BCUT2D eigenvalue weighted by Gasteiger charge is 2.15. The number of nitrogens with zero attached hydrogens (tertiary/aromatic N) is 3. The lowest BCUT2D eigenvalue weighted by Gasteiger charge is -2.32. The van der Waals surface area contributed by atoms with Crippen LogP contribution >= 0.6 is 0 Å². The number of pyridine rings is 1. The molecule has 6 nitrogen and oxygen atoms in total. The minimum atomic E-state index is 0.0541. The third-order valence-corrected chi connectivity index (χ3v) is 4.53. The van der Waals surface area contributed by atoms with E-state index in [9.17, 15) is 4.79 Å². The van der Waals surface area contributed by atoms with E-state index >= 15 is 0 Å². The number of nitrogens with one attached hydrogen (secondary N) is 1. The first-order valence-electron chi connectivity index (χ1n) is 9.05. The molecule has 1 saturated heterocycles. The van der Waals surface area contributed by atoms with Crippen molar-refractivity contribution in [1.82, 2.24) is 20.1 Å². The summed E-state index contributed by atoms with van der Waals surface area (Å²) >= 11 is 0. The van der Waals surface area contributed by atoms with Gasteiger partial charge in [-0.1, -0.05) is 24.3 Å². The van der Waals surface area contributed by atoms with Crippen molar-refractivity contribution >= 4 is 5.91 Å². The van der Waals surface area contributed by atoms with E-state index in [0.717, 1.165) is 44.0 Å². The number of benzene rings is 1. The molecule has 0 spiro atoms. The average molecular weight is 354 g/mol. The molecule has 0 atom stereocenters. The van der Waals surface area contributed by atoms with Crippen LogP contribution in [0.25, 0.3) is 0 Å². The predicted octanol–water partition coefficient (Wildman–Crippen LogP) is 2.13. The zero-order valence-corrected chi connectivity index (χ0v) is 15.2. The lowest BCUT2D eigenvalue weighted by Crippen LogP contribution is -2.45. The molecule has 1 aliphatic heterocycles. The van der Waals surface area contributed by atoms with Crippen molar-refractivity contribution in [2.75, 3.05) is 39.8 Å². The number of carbonyl (C=O) groups excluding carboxylic acids is 1. The van der Waals surface area contributed by atoms with Crippen molar-refractivity contribution in [3.05, 3.63) is 54.2 Å². The van der Waals surface area contributed by atoms with Crippen molar-refractivity contribution in [3.63, 3.8) is 0 Å². The van der Waals surface area contributed by atoms with Gasteiger partial charge in [0.25, 0.3) is 0 Å². The fourth-order valence-electron chi connectivity index (χ4n) is 2.86. The highest BCUT2D eigenvalue weighted by atomic mass is 16.5. The summed E-state index contributed by atoms with van der Waals surface area (Å²) in [5, 5.41) is 2.98. The van der Waals surface area contributed by atoms with Gasteiger partial charge in [-0.15, -0.1) is 0 Å². The maximum Gasteiger partial charge on any atom is 0.224 e. The van der Waals surface area contributed by atoms with Gasteiger partial charge in [0, 0.05) is 57.4 Å². The van der Waals surface area contributed by atoms with Gasteiger partial charge in [0.15, 0.2) is 0 Å². The zero-order chi connectivity index (χ0) is 18.2. The van der Waals surface area contributed by atoms with Gasteiger partial charge in [-0.3, -0.25) is 4.79 Å². The van der Waals surface area contributed by atoms with Crippen LogP contribution in [0.4, 0.5) is 0 Å². The van der Waals surface area contributed by atoms with E-state index in [2.05, 4.69) is 27.1 Å². The molecule has 0 aliphatic carbocycles. The minimum Gasteiger partial charge on any atom is -0.439 e. The topological polar surface area (TPSA) is 57.7 Å². The summed E-state index contributed by atoms with van der Waals surface area (Å²) in [7, 11) is 2.13. The first kappa shape index (κ1) is 18.4. The van der Waals surface area contributed by atoms with E-state index in [1.54, 1.807) is 6.20 Å². The Kier molecular flexibility index (Phi) is 6.57. The summed E-state index contributed by atoms with van der Waals surface area (Å²) < 4.78 is 5.83. The Morgan fingerprint density at radius 1 is 1.12 bits per heavy atom. The van der Waals surface area contributed by atoms with Crippen LogP contribution in [0.5, 0.6) is 11.6 Å². The normalized spacial score (nSPS) is 15.6. The van der Waals surface area contributed by atoms with Crippen LogP contribution in [0.3, 0.4) is 0 Å². The molecule has 6 heteroatoms. The van der Waals surface area contributed by atoms with Crippen molar-refractivity contribution in [2.24, 2.45) is 0 Å². The summed E-state index contributed by atoms with van der Waals surface area (Å²) in [5.41, 5.74) is 0.865. The molecule has 3 rings (SSSR count). The number of para-hydroxylation sites is 1. The molecule has 2 heterocycles. The van der Waals surface area contributed by atoms with Gasteiger partial charge < -0.3 is 19.9 Å². The smallest absolute Gasteiger partial charge is 0.224 e. The van der Waals surface area contributed by atoms with Gasteiger partial charge in [0.1, 0.15) is 5.75 Å². The molecule has 1 aromatic heterocycles. The largest absolute Gasteiger partial charge is 0.439 e. The Hall–Kier alpha value is -2.44. The first-order valence-corrected chi connectivity index (χ1v) is 9.05. The van der Waals surface area contributed by atoms with Crippen molar-refractivity contribution in [3.8, 4) is 11.6 Å². The summed E-state index contributed by atoms with van der Waals surface area (Å²) in [4.78, 5) is 21.1. The SMILES string of the molecule is CN1CCN(CCC(=O)NCc2cccnc2Oc2ccccc2)CC1. The van der Waals surface area contributed by atoms with Crippen molar-refractivity contribution < 1.29 is 9.53 Å². The first-order chi connectivity index (χ1) is 12.7. The molecule has 1 amide bonds. The van der Waals surface area contributed by atoms with E-state index in [-0.39, 0.29) is 5.91 Å². The van der Waals surface area contributed by atoms with Crippen LogP contribution in [-0.4, -0.2) is 60.5 Å². The number of rotatable bonds is 7. The Labute approximate surface area is 154 Å². The second-order valence-corrected chi connectivity index (χ2v) is 6.55. The maximum atomic E-state index is 12.2. The molecule has 1 fully saturated rings. The molecule has 1 N–H and O–H groups in total. The van der Waals surface area contributed by atoms with Gasteiger partial charge in [0.05, 0.1) is 0 Å². The van der Waals surface area contributed by atoms with Gasteiger partial charge in [-0.2, -0.15) is 0 Å². The average Bonchev–Trinajstić information content (AvgIpc) is 2.68. The molecular formula is C20H26N4O2. The zero-order valence-electron chi connectivity index (χ0n) is 15.2. The van der Waals surface area contributed by atoms with Crippen LogP contribution in [0.15, 0.2) is 48.7 Å². The minimum absolute atomic E-state index is 0.0541. The Morgan fingerprint density at radius 3 is 2.65 bits per heavy atom. The molecular weight excluding hydrogens is 328 g/mol. The molecule has 26 heavy (non-hydrogen) atoms. The van der Waals surface area contributed by atoms with Gasteiger partial charge in [0.2, 0.25) is 11.8 Å². The number of hydrogen-bond acceptors (Lipinski definition) is 5. The Morgan fingerprint density at radius 2 is 1.88 bits per heavy atom. The van der Waals surface area contributed by atoms with Crippen LogP contribution in [0.1, 0.15) is 12.0 Å². The monoisotopic (exact) mass is 354 g/mol. The van der Waals surface area contributed by atoms with Crippen LogP contribution in [0, 0.1) is 0 Å². The van der Waals surface area contributed by atoms with E-state index in [1.807, 2.05) is 42.5 Å². The highest BCUT2D eigenvalue weighted by Crippen LogP contribution is 2.22. The van der Waals surface area contributed by atoms with Crippen molar-refractivity contribution in [2.45, 2.75) is 13.0 Å². The Bertz CT molecular complexity index is 700. The van der Waals surface area contributed by atoms with E-state index in [1.165, 1.54) is 0 Å². The fraction of sp³-hybridized carbons (Fsp3) is 0.400. The van der Waals surface area contributed by atoms with Gasteiger partial charge >= 0.3 is 0 Å². The summed E-state index contributed by atoms with van der Waals surface area (Å²) in [6, 6.07) is 13.3. The molecule has 0 saturated carbocycles. The van der Waals surface area contributed by atoms with E-state index in [4.69, 9.17) is 4.74 Å². The summed E-state index contributed by atoms with van der Waals surface area (Å²) in [6.07, 6.45) is 2.20.